The minimum atomic E-state index is 0.409. The smallest absolute Gasteiger partial charge is 0.157 e. The molecule has 0 aromatic rings. The van der Waals surface area contributed by atoms with Gasteiger partial charge in [-0.2, -0.15) is 0 Å². The molecule has 0 saturated carbocycles. The maximum absolute atomic E-state index is 5.56. The summed E-state index contributed by atoms with van der Waals surface area (Å²) in [6, 6.07) is 0. The van der Waals surface area contributed by atoms with Gasteiger partial charge in [0.15, 0.2) is 5.17 Å². The second-order valence-corrected chi connectivity index (χ2v) is 5.79. The Morgan fingerprint density at radius 3 is 3.07 bits per heavy atom. The van der Waals surface area contributed by atoms with E-state index in [1.54, 1.807) is 0 Å². The number of nitrogens with zero attached hydrogens (tertiary/aromatic N) is 1. The van der Waals surface area contributed by atoms with E-state index in [0.717, 1.165) is 24.9 Å². The van der Waals surface area contributed by atoms with Gasteiger partial charge in [0.05, 0.1) is 12.6 Å². The van der Waals surface area contributed by atoms with Crippen LogP contribution in [0.5, 0.6) is 0 Å². The summed E-state index contributed by atoms with van der Waals surface area (Å²) < 4.78 is 5.56. The van der Waals surface area contributed by atoms with Gasteiger partial charge in [-0.25, -0.2) is 0 Å². The second-order valence-electron chi connectivity index (χ2n) is 4.56. The number of hydrogen-bond acceptors (Lipinski definition) is 4. The maximum Gasteiger partial charge on any atom is 0.157 e. The Morgan fingerprint density at radius 2 is 2.47 bits per heavy atom. The maximum atomic E-state index is 5.56. The van der Waals surface area contributed by atoms with Crippen molar-refractivity contribution in [3.63, 3.8) is 0 Å². The van der Waals surface area contributed by atoms with E-state index < -0.39 is 0 Å². The van der Waals surface area contributed by atoms with Gasteiger partial charge in [0, 0.05) is 18.4 Å². The van der Waals surface area contributed by atoms with Gasteiger partial charge in [0.2, 0.25) is 0 Å². The van der Waals surface area contributed by atoms with Crippen LogP contribution in [0.3, 0.4) is 0 Å². The normalized spacial score (nSPS) is 31.0. The minimum Gasteiger partial charge on any atom is -0.376 e. The van der Waals surface area contributed by atoms with Gasteiger partial charge in [-0.1, -0.05) is 25.6 Å². The predicted molar refractivity (Wildman–Crippen MR) is 65.5 cm³/mol. The molecule has 86 valence electrons. The molecular weight excluding hydrogens is 208 g/mol. The summed E-state index contributed by atoms with van der Waals surface area (Å²) >= 11 is 1.89. The molecule has 3 nitrogen and oxygen atoms in total. The van der Waals surface area contributed by atoms with Crippen LogP contribution in [0.4, 0.5) is 0 Å². The van der Waals surface area contributed by atoms with Crippen LogP contribution in [-0.4, -0.2) is 36.2 Å². The quantitative estimate of drug-likeness (QED) is 0.801. The lowest BCUT2D eigenvalue weighted by atomic mass is 10.1. The van der Waals surface area contributed by atoms with E-state index in [-0.39, 0.29) is 0 Å². The summed E-state index contributed by atoms with van der Waals surface area (Å²) in [5.74, 6) is 0.709. The lowest BCUT2D eigenvalue weighted by Gasteiger charge is -2.14. The van der Waals surface area contributed by atoms with Crippen molar-refractivity contribution in [3.8, 4) is 0 Å². The molecule has 0 bridgehead atoms. The van der Waals surface area contributed by atoms with E-state index in [0.29, 0.717) is 17.3 Å². The number of aliphatic imine (C=N–C) groups is 1. The molecular formula is C11H20N2OS. The molecule has 0 radical (unpaired) electrons. The van der Waals surface area contributed by atoms with E-state index in [9.17, 15) is 0 Å². The number of thioether (sulfide) groups is 1. The zero-order valence-corrected chi connectivity index (χ0v) is 10.3. The number of hydrogen-bond donors (Lipinski definition) is 1. The molecule has 0 amide bonds. The van der Waals surface area contributed by atoms with E-state index in [1.165, 1.54) is 12.8 Å². The van der Waals surface area contributed by atoms with Gasteiger partial charge >= 0.3 is 0 Å². The molecule has 0 aromatic heterocycles. The fourth-order valence-corrected chi connectivity index (χ4v) is 2.87. The number of amidine groups is 1. The first-order chi connectivity index (χ1) is 7.25. The third-order valence-corrected chi connectivity index (χ3v) is 4.42. The molecule has 0 spiro atoms. The standard InChI is InChI=1S/C11H20N2OS/c1-8(2)10-7-13-11(15-10)12-6-9-4-3-5-14-9/h8-10H,3-7H2,1-2H3,(H,12,13). The first kappa shape index (κ1) is 11.3. The monoisotopic (exact) mass is 228 g/mol. The van der Waals surface area contributed by atoms with Gasteiger partial charge in [0.1, 0.15) is 0 Å². The molecule has 0 aromatic carbocycles. The van der Waals surface area contributed by atoms with Crippen molar-refractivity contribution in [2.24, 2.45) is 10.9 Å². The van der Waals surface area contributed by atoms with Gasteiger partial charge in [-0.15, -0.1) is 0 Å². The van der Waals surface area contributed by atoms with Crippen molar-refractivity contribution < 1.29 is 4.74 Å². The highest BCUT2D eigenvalue weighted by molar-refractivity contribution is 8.14. The first-order valence-corrected chi connectivity index (χ1v) is 6.70. The molecule has 2 aliphatic rings. The van der Waals surface area contributed by atoms with Crippen molar-refractivity contribution in [3.05, 3.63) is 0 Å². The van der Waals surface area contributed by atoms with Crippen molar-refractivity contribution in [1.29, 1.82) is 0 Å². The molecule has 1 fully saturated rings. The molecule has 2 aliphatic heterocycles. The van der Waals surface area contributed by atoms with Crippen LogP contribution in [0.1, 0.15) is 26.7 Å². The predicted octanol–water partition coefficient (Wildman–Crippen LogP) is 1.88. The Labute approximate surface area is 96.1 Å². The molecule has 2 atom stereocenters. The van der Waals surface area contributed by atoms with Crippen molar-refractivity contribution in [1.82, 2.24) is 5.32 Å². The van der Waals surface area contributed by atoms with E-state index in [2.05, 4.69) is 24.2 Å². The highest BCUT2D eigenvalue weighted by Crippen LogP contribution is 2.26. The van der Waals surface area contributed by atoms with E-state index in [4.69, 9.17) is 4.74 Å². The lowest BCUT2D eigenvalue weighted by Crippen LogP contribution is -2.29. The summed E-state index contributed by atoms with van der Waals surface area (Å²) in [6.07, 6.45) is 2.81. The van der Waals surface area contributed by atoms with Crippen molar-refractivity contribution in [2.45, 2.75) is 38.0 Å². The zero-order valence-electron chi connectivity index (χ0n) is 9.53. The van der Waals surface area contributed by atoms with Gasteiger partial charge < -0.3 is 10.1 Å². The molecule has 2 rings (SSSR count). The van der Waals surface area contributed by atoms with Crippen LogP contribution >= 0.6 is 11.8 Å². The Hall–Kier alpha value is -0.220. The first-order valence-electron chi connectivity index (χ1n) is 5.82. The molecule has 1 saturated heterocycles. The van der Waals surface area contributed by atoms with E-state index in [1.807, 2.05) is 11.8 Å². The fraction of sp³-hybridized carbons (Fsp3) is 0.909. The fourth-order valence-electron chi connectivity index (χ4n) is 1.84. The molecule has 0 aliphatic carbocycles. The van der Waals surface area contributed by atoms with Gasteiger partial charge in [-0.05, 0) is 18.8 Å². The minimum absolute atomic E-state index is 0.409. The third kappa shape index (κ3) is 3.11. The highest BCUT2D eigenvalue weighted by atomic mass is 32.2. The van der Waals surface area contributed by atoms with Crippen molar-refractivity contribution in [2.75, 3.05) is 19.7 Å². The topological polar surface area (TPSA) is 33.6 Å². The summed E-state index contributed by atoms with van der Waals surface area (Å²) in [4.78, 5) is 4.51. The van der Waals surface area contributed by atoms with Gasteiger partial charge in [0.25, 0.3) is 0 Å². The second kappa shape index (κ2) is 5.21. The molecule has 4 heteroatoms. The third-order valence-electron chi connectivity index (χ3n) is 2.93. The Morgan fingerprint density at radius 1 is 1.60 bits per heavy atom. The molecule has 2 unspecified atom stereocenters. The number of ether oxygens (including phenoxy) is 1. The molecule has 2 heterocycles. The van der Waals surface area contributed by atoms with Crippen LogP contribution in [-0.2, 0) is 4.74 Å². The largest absolute Gasteiger partial charge is 0.376 e. The SMILES string of the molecule is CC(C)C1CN=C(NCC2CCCO2)S1. The summed E-state index contributed by atoms with van der Waals surface area (Å²) in [5, 5.41) is 5.18. The zero-order chi connectivity index (χ0) is 10.7. The number of nitrogens with one attached hydrogen (secondary N) is 1. The van der Waals surface area contributed by atoms with Crippen LogP contribution in [0.2, 0.25) is 0 Å². The Balaban J connectivity index is 1.68. The number of rotatable bonds is 3. The van der Waals surface area contributed by atoms with Crippen LogP contribution in [0.25, 0.3) is 0 Å². The molecule has 1 N–H and O–H groups in total. The summed E-state index contributed by atoms with van der Waals surface area (Å²) in [7, 11) is 0. The van der Waals surface area contributed by atoms with Crippen LogP contribution < -0.4 is 5.32 Å². The Bertz CT molecular complexity index is 237. The lowest BCUT2D eigenvalue weighted by molar-refractivity contribution is 0.114. The molecule has 15 heavy (non-hydrogen) atoms. The average Bonchev–Trinajstić information content (AvgIpc) is 2.86. The van der Waals surface area contributed by atoms with Crippen LogP contribution in [0.15, 0.2) is 4.99 Å². The summed E-state index contributed by atoms with van der Waals surface area (Å²) in [6.45, 7) is 7.35. The Kier molecular flexibility index (Phi) is 3.92. The summed E-state index contributed by atoms with van der Waals surface area (Å²) in [5.41, 5.74) is 0. The van der Waals surface area contributed by atoms with E-state index >= 15 is 0 Å². The van der Waals surface area contributed by atoms with Gasteiger partial charge in [-0.3, -0.25) is 4.99 Å². The van der Waals surface area contributed by atoms with Crippen LogP contribution in [0, 0.1) is 5.92 Å². The van der Waals surface area contributed by atoms with Crippen molar-refractivity contribution >= 4 is 16.9 Å². The average molecular weight is 228 g/mol. The highest BCUT2D eigenvalue weighted by Gasteiger charge is 2.23.